The van der Waals surface area contributed by atoms with E-state index < -0.39 is 8.38 Å². The van der Waals surface area contributed by atoms with Crippen LogP contribution in [0.5, 0.6) is 11.5 Å². The molecule has 4 rings (SSSR count). The first-order valence-electron chi connectivity index (χ1n) is 9.13. The minimum atomic E-state index is -1.98. The number of hydrogen-bond acceptors (Lipinski definition) is 6. The minimum absolute atomic E-state index is 0.273. The van der Waals surface area contributed by atoms with Crippen LogP contribution in [-0.4, -0.2) is 38.5 Å². The number of hydrogen-bond donors (Lipinski definition) is 2. The first kappa shape index (κ1) is 19.6. The number of aromatic nitrogens is 3. The fourth-order valence-corrected chi connectivity index (χ4v) is 3.87. The number of benzene rings is 2. The summed E-state index contributed by atoms with van der Waals surface area (Å²) in [6.45, 7) is 2.44. The quantitative estimate of drug-likeness (QED) is 0.466. The van der Waals surface area contributed by atoms with Crippen LogP contribution in [0.15, 0.2) is 48.9 Å². The van der Waals surface area contributed by atoms with Gasteiger partial charge in [0.2, 0.25) is 0 Å². The predicted molar refractivity (Wildman–Crippen MR) is 113 cm³/mol. The van der Waals surface area contributed by atoms with Gasteiger partial charge in [0.25, 0.3) is 0 Å². The minimum Gasteiger partial charge on any atom is -0.493 e. The second-order valence-corrected chi connectivity index (χ2v) is 8.24. The van der Waals surface area contributed by atoms with E-state index in [2.05, 4.69) is 14.5 Å². The summed E-state index contributed by atoms with van der Waals surface area (Å²) in [6.07, 6.45) is 3.56. The molecule has 4 aromatic rings. The van der Waals surface area contributed by atoms with E-state index in [1.54, 1.807) is 26.7 Å². The lowest BCUT2D eigenvalue weighted by molar-refractivity contribution is 0.356. The Morgan fingerprint density at radius 3 is 2.34 bits per heavy atom. The average Bonchev–Trinajstić information content (AvgIpc) is 3.15. The molecule has 0 amide bonds. The fraction of sp³-hybridized carbons (Fsp3) is 0.238. The molecular weight excluding hydrogens is 389 g/mol. The molecule has 0 bridgehead atoms. The number of pyridine rings is 1. The van der Waals surface area contributed by atoms with Crippen LogP contribution in [0, 0.1) is 0 Å². The Bertz CT molecular complexity index is 1160. The highest BCUT2D eigenvalue weighted by molar-refractivity contribution is 7.45. The van der Waals surface area contributed by atoms with Gasteiger partial charge < -0.3 is 23.8 Å². The molecule has 150 valence electrons. The summed E-state index contributed by atoms with van der Waals surface area (Å²) in [5, 5.41) is 0.939. The van der Waals surface area contributed by atoms with Gasteiger partial charge in [-0.2, -0.15) is 0 Å². The van der Waals surface area contributed by atoms with Crippen LogP contribution in [0.3, 0.4) is 0 Å². The molecule has 8 heteroatoms. The van der Waals surface area contributed by atoms with Crippen molar-refractivity contribution in [2.45, 2.75) is 19.1 Å². The summed E-state index contributed by atoms with van der Waals surface area (Å²) in [6, 6.07) is 11.7. The maximum atomic E-state index is 9.43. The van der Waals surface area contributed by atoms with Crippen molar-refractivity contribution in [1.29, 1.82) is 0 Å². The van der Waals surface area contributed by atoms with E-state index in [9.17, 15) is 9.79 Å². The van der Waals surface area contributed by atoms with Gasteiger partial charge in [0.1, 0.15) is 5.52 Å². The maximum absolute atomic E-state index is 9.43. The van der Waals surface area contributed by atoms with Gasteiger partial charge in [-0.3, -0.25) is 4.98 Å². The van der Waals surface area contributed by atoms with Gasteiger partial charge in [-0.15, -0.1) is 0 Å². The summed E-state index contributed by atoms with van der Waals surface area (Å²) >= 11 is 0. The van der Waals surface area contributed by atoms with Crippen molar-refractivity contribution in [3.8, 4) is 11.5 Å². The topological polar surface area (TPSA) is 89.6 Å². The molecule has 0 spiro atoms. The average molecular weight is 411 g/mol. The zero-order chi connectivity index (χ0) is 20.5. The molecule has 0 aliphatic heterocycles. The van der Waals surface area contributed by atoms with E-state index in [0.717, 1.165) is 33.1 Å². The SMILES string of the molecule is COc1cc2ncc3ncn(Cc4ccc(C(C)P(O)O)cc4)c3c2cc1OC. The van der Waals surface area contributed by atoms with E-state index in [-0.39, 0.29) is 5.66 Å². The summed E-state index contributed by atoms with van der Waals surface area (Å²) in [5.41, 5.74) is 4.31. The fourth-order valence-electron chi connectivity index (χ4n) is 3.43. The third-order valence-corrected chi connectivity index (χ3v) is 6.10. The normalized spacial score (nSPS) is 12.6. The van der Waals surface area contributed by atoms with Crippen molar-refractivity contribution in [2.24, 2.45) is 0 Å². The Balaban J connectivity index is 1.75. The molecule has 0 saturated heterocycles. The van der Waals surface area contributed by atoms with Crippen molar-refractivity contribution in [1.82, 2.24) is 14.5 Å². The van der Waals surface area contributed by atoms with Gasteiger partial charge >= 0.3 is 0 Å². The van der Waals surface area contributed by atoms with Crippen molar-refractivity contribution in [3.05, 3.63) is 60.0 Å². The second kappa shape index (κ2) is 7.95. The van der Waals surface area contributed by atoms with Gasteiger partial charge in [0.15, 0.2) is 19.9 Å². The maximum Gasteiger partial charge on any atom is 0.172 e. The van der Waals surface area contributed by atoms with Crippen molar-refractivity contribution in [2.75, 3.05) is 14.2 Å². The molecule has 2 N–H and O–H groups in total. The van der Waals surface area contributed by atoms with Crippen LogP contribution in [0.2, 0.25) is 0 Å². The lowest BCUT2D eigenvalue weighted by Crippen LogP contribution is -2.00. The number of rotatable bonds is 6. The Hall–Kier alpha value is -2.73. The summed E-state index contributed by atoms with van der Waals surface area (Å²) in [7, 11) is 1.23. The Morgan fingerprint density at radius 1 is 1.00 bits per heavy atom. The molecule has 2 heterocycles. The lowest BCUT2D eigenvalue weighted by atomic mass is 10.1. The zero-order valence-electron chi connectivity index (χ0n) is 16.4. The second-order valence-electron chi connectivity index (χ2n) is 6.83. The Morgan fingerprint density at radius 2 is 1.69 bits per heavy atom. The standard InChI is InChI=1S/C21H22N3O4P/c1-13(29(25)26)15-6-4-14(5-7-15)11-24-12-23-18-10-22-17-9-20(28-3)19(27-2)8-16(17)21(18)24/h4-10,12-13,25-26H,11H2,1-3H3. The summed E-state index contributed by atoms with van der Waals surface area (Å²) in [5.74, 6) is 1.28. The third-order valence-electron chi connectivity index (χ3n) is 5.11. The zero-order valence-corrected chi connectivity index (χ0v) is 17.3. The predicted octanol–water partition coefficient (Wildman–Crippen LogP) is 4.01. The molecule has 0 fully saturated rings. The monoisotopic (exact) mass is 411 g/mol. The highest BCUT2D eigenvalue weighted by Gasteiger charge is 2.15. The number of methoxy groups -OCH3 is 2. The van der Waals surface area contributed by atoms with E-state index >= 15 is 0 Å². The van der Waals surface area contributed by atoms with E-state index in [0.29, 0.717) is 18.0 Å². The van der Waals surface area contributed by atoms with Crippen molar-refractivity contribution >= 4 is 30.3 Å². The molecule has 0 radical (unpaired) electrons. The van der Waals surface area contributed by atoms with Crippen molar-refractivity contribution < 1.29 is 19.3 Å². The summed E-state index contributed by atoms with van der Waals surface area (Å²) in [4.78, 5) is 27.9. The first-order chi connectivity index (χ1) is 14.0. The van der Waals surface area contributed by atoms with Gasteiger partial charge in [0.05, 0.1) is 43.4 Å². The van der Waals surface area contributed by atoms with Crippen LogP contribution in [-0.2, 0) is 6.54 Å². The number of nitrogens with zero attached hydrogens (tertiary/aromatic N) is 3. The molecule has 2 aromatic carbocycles. The lowest BCUT2D eigenvalue weighted by Gasteiger charge is -2.14. The molecule has 0 saturated carbocycles. The summed E-state index contributed by atoms with van der Waals surface area (Å²) < 4.78 is 12.9. The molecule has 0 aliphatic rings. The van der Waals surface area contributed by atoms with Crippen LogP contribution < -0.4 is 9.47 Å². The van der Waals surface area contributed by atoms with Crippen LogP contribution >= 0.6 is 8.38 Å². The Kier molecular flexibility index (Phi) is 5.37. The highest BCUT2D eigenvalue weighted by atomic mass is 31.2. The number of ether oxygens (including phenoxy) is 2. The van der Waals surface area contributed by atoms with Crippen molar-refractivity contribution in [3.63, 3.8) is 0 Å². The largest absolute Gasteiger partial charge is 0.493 e. The molecule has 29 heavy (non-hydrogen) atoms. The highest BCUT2D eigenvalue weighted by Crippen LogP contribution is 2.43. The molecule has 7 nitrogen and oxygen atoms in total. The first-order valence-corrected chi connectivity index (χ1v) is 10.4. The Labute approximate surface area is 169 Å². The van der Waals surface area contributed by atoms with Gasteiger partial charge in [-0.1, -0.05) is 24.3 Å². The molecular formula is C21H22N3O4P. The molecule has 1 unspecified atom stereocenters. The van der Waals surface area contributed by atoms with Gasteiger partial charge in [-0.25, -0.2) is 4.98 Å². The van der Waals surface area contributed by atoms with Crippen LogP contribution in [0.1, 0.15) is 23.7 Å². The number of fused-ring (bicyclic) bond motifs is 3. The number of imidazole rings is 1. The van der Waals surface area contributed by atoms with Crippen LogP contribution in [0.4, 0.5) is 0 Å². The van der Waals surface area contributed by atoms with Gasteiger partial charge in [-0.05, 0) is 24.1 Å². The third kappa shape index (κ3) is 3.65. The van der Waals surface area contributed by atoms with Crippen LogP contribution in [0.25, 0.3) is 21.9 Å². The van der Waals surface area contributed by atoms with Gasteiger partial charge in [0, 0.05) is 18.0 Å². The molecule has 2 aromatic heterocycles. The smallest absolute Gasteiger partial charge is 0.172 e. The molecule has 1 atom stereocenters. The van der Waals surface area contributed by atoms with E-state index in [1.165, 1.54) is 0 Å². The van der Waals surface area contributed by atoms with E-state index in [4.69, 9.17) is 9.47 Å². The molecule has 0 aliphatic carbocycles. The van der Waals surface area contributed by atoms with E-state index in [1.807, 2.05) is 43.3 Å².